The van der Waals surface area contributed by atoms with Crippen LogP contribution in [0.1, 0.15) is 13.3 Å². The Morgan fingerprint density at radius 3 is 2.40 bits per heavy atom. The molecule has 82 valence electrons. The van der Waals surface area contributed by atoms with Gasteiger partial charge in [0.05, 0.1) is 6.04 Å². The van der Waals surface area contributed by atoms with Crippen LogP contribution in [-0.4, -0.2) is 35.5 Å². The molecule has 0 aromatic rings. The Balaban J connectivity index is 2.62. The number of rotatable bonds is 4. The van der Waals surface area contributed by atoms with Crippen LogP contribution < -0.4 is 5.73 Å². The van der Waals surface area contributed by atoms with Crippen molar-refractivity contribution in [1.29, 1.82) is 0 Å². The standard InChI is InChI=1S/C9H12N2O4/c1-2-6(5-15-9(10)14)11-7(12)3-4-8(11)13/h3-4,6H,2,5H2,1H3,(H2,10,14). The highest BCUT2D eigenvalue weighted by atomic mass is 16.5. The van der Waals surface area contributed by atoms with E-state index < -0.39 is 12.1 Å². The molecule has 1 aliphatic rings. The SMILES string of the molecule is CCC(COC(N)=O)N1C(=O)C=CC1=O. The molecule has 1 heterocycles. The molecule has 1 rings (SSSR count). The van der Waals surface area contributed by atoms with E-state index in [-0.39, 0.29) is 18.4 Å². The number of ether oxygens (including phenoxy) is 1. The molecular weight excluding hydrogens is 200 g/mol. The van der Waals surface area contributed by atoms with E-state index in [4.69, 9.17) is 5.73 Å². The first-order chi connectivity index (χ1) is 7.06. The highest BCUT2D eigenvalue weighted by molar-refractivity contribution is 6.13. The van der Waals surface area contributed by atoms with E-state index in [2.05, 4.69) is 4.74 Å². The Kier molecular flexibility index (Phi) is 3.43. The number of imide groups is 1. The molecule has 0 saturated heterocycles. The Morgan fingerprint density at radius 2 is 2.00 bits per heavy atom. The summed E-state index contributed by atoms with van der Waals surface area (Å²) in [6.45, 7) is 1.72. The first-order valence-electron chi connectivity index (χ1n) is 4.53. The van der Waals surface area contributed by atoms with Crippen LogP contribution in [0.25, 0.3) is 0 Å². The van der Waals surface area contributed by atoms with E-state index in [1.807, 2.05) is 0 Å². The number of hydrogen-bond acceptors (Lipinski definition) is 4. The molecule has 1 atom stereocenters. The Morgan fingerprint density at radius 1 is 1.47 bits per heavy atom. The van der Waals surface area contributed by atoms with Gasteiger partial charge in [-0.1, -0.05) is 6.92 Å². The van der Waals surface area contributed by atoms with E-state index in [0.29, 0.717) is 6.42 Å². The summed E-state index contributed by atoms with van der Waals surface area (Å²) >= 11 is 0. The van der Waals surface area contributed by atoms with Gasteiger partial charge in [0, 0.05) is 12.2 Å². The lowest BCUT2D eigenvalue weighted by Gasteiger charge is -2.24. The summed E-state index contributed by atoms with van der Waals surface area (Å²) in [5.41, 5.74) is 4.80. The monoisotopic (exact) mass is 212 g/mol. The number of hydrogen-bond donors (Lipinski definition) is 1. The largest absolute Gasteiger partial charge is 0.448 e. The van der Waals surface area contributed by atoms with Gasteiger partial charge >= 0.3 is 6.09 Å². The highest BCUT2D eigenvalue weighted by Crippen LogP contribution is 2.12. The van der Waals surface area contributed by atoms with Gasteiger partial charge in [0.25, 0.3) is 11.8 Å². The molecule has 15 heavy (non-hydrogen) atoms. The summed E-state index contributed by atoms with van der Waals surface area (Å²) in [5.74, 6) is -0.778. The van der Waals surface area contributed by atoms with Gasteiger partial charge in [-0.25, -0.2) is 4.79 Å². The van der Waals surface area contributed by atoms with Gasteiger partial charge in [-0.05, 0) is 6.42 Å². The number of nitrogens with two attached hydrogens (primary N) is 1. The zero-order valence-corrected chi connectivity index (χ0v) is 8.30. The summed E-state index contributed by atoms with van der Waals surface area (Å²) in [6, 6.07) is -0.451. The van der Waals surface area contributed by atoms with Gasteiger partial charge in [-0.2, -0.15) is 0 Å². The van der Waals surface area contributed by atoms with E-state index >= 15 is 0 Å². The van der Waals surface area contributed by atoms with Gasteiger partial charge in [-0.15, -0.1) is 0 Å². The van der Waals surface area contributed by atoms with E-state index in [9.17, 15) is 14.4 Å². The molecule has 3 amide bonds. The second kappa shape index (κ2) is 4.59. The van der Waals surface area contributed by atoms with Gasteiger partial charge in [-0.3, -0.25) is 14.5 Å². The molecule has 0 bridgehead atoms. The van der Waals surface area contributed by atoms with Crippen molar-refractivity contribution in [3.05, 3.63) is 12.2 Å². The predicted molar refractivity (Wildman–Crippen MR) is 50.6 cm³/mol. The maximum Gasteiger partial charge on any atom is 0.404 e. The third-order valence-electron chi connectivity index (χ3n) is 2.10. The van der Waals surface area contributed by atoms with Crippen molar-refractivity contribution in [3.63, 3.8) is 0 Å². The zero-order chi connectivity index (χ0) is 11.4. The van der Waals surface area contributed by atoms with Gasteiger partial charge < -0.3 is 10.5 Å². The van der Waals surface area contributed by atoms with Crippen molar-refractivity contribution < 1.29 is 19.1 Å². The van der Waals surface area contributed by atoms with Crippen molar-refractivity contribution in [2.24, 2.45) is 5.73 Å². The summed E-state index contributed by atoms with van der Waals surface area (Å²) in [4.78, 5) is 34.0. The molecule has 0 aliphatic carbocycles. The summed E-state index contributed by atoms with van der Waals surface area (Å²) in [7, 11) is 0. The van der Waals surface area contributed by atoms with Crippen LogP contribution in [0.4, 0.5) is 4.79 Å². The van der Waals surface area contributed by atoms with Crippen LogP contribution in [0.5, 0.6) is 0 Å². The van der Waals surface area contributed by atoms with Crippen molar-refractivity contribution in [3.8, 4) is 0 Å². The Bertz CT molecular complexity index is 306. The lowest BCUT2D eigenvalue weighted by atomic mass is 10.2. The molecule has 6 heteroatoms. The molecule has 0 spiro atoms. The number of primary amides is 1. The fourth-order valence-corrected chi connectivity index (χ4v) is 1.32. The first kappa shape index (κ1) is 11.2. The van der Waals surface area contributed by atoms with Gasteiger partial charge in [0.2, 0.25) is 0 Å². The van der Waals surface area contributed by atoms with Crippen LogP contribution in [0.3, 0.4) is 0 Å². The quantitative estimate of drug-likeness (QED) is 0.652. The zero-order valence-electron chi connectivity index (χ0n) is 8.30. The maximum absolute atomic E-state index is 11.3. The number of amides is 3. The second-order valence-electron chi connectivity index (χ2n) is 3.07. The van der Waals surface area contributed by atoms with Crippen molar-refractivity contribution in [2.45, 2.75) is 19.4 Å². The van der Waals surface area contributed by atoms with Crippen molar-refractivity contribution in [2.75, 3.05) is 6.61 Å². The lowest BCUT2D eigenvalue weighted by Crippen LogP contribution is -2.43. The third-order valence-corrected chi connectivity index (χ3v) is 2.10. The summed E-state index contributed by atoms with van der Waals surface area (Å²) in [6.07, 6.45) is 1.97. The predicted octanol–water partition coefficient (Wildman–Crippen LogP) is -0.215. The molecule has 1 unspecified atom stereocenters. The fraction of sp³-hybridized carbons (Fsp3) is 0.444. The minimum absolute atomic E-state index is 0.0645. The first-order valence-corrected chi connectivity index (χ1v) is 4.53. The smallest absolute Gasteiger partial charge is 0.404 e. The van der Waals surface area contributed by atoms with Crippen LogP contribution >= 0.6 is 0 Å². The van der Waals surface area contributed by atoms with Gasteiger partial charge in [0.15, 0.2) is 0 Å². The molecule has 0 saturated carbocycles. The van der Waals surface area contributed by atoms with Crippen LogP contribution in [0.15, 0.2) is 12.2 Å². The summed E-state index contributed by atoms with van der Waals surface area (Å²) in [5, 5.41) is 0. The molecule has 0 radical (unpaired) electrons. The maximum atomic E-state index is 11.3. The average Bonchev–Trinajstić information content (AvgIpc) is 2.49. The molecule has 0 fully saturated rings. The van der Waals surface area contributed by atoms with Gasteiger partial charge in [0.1, 0.15) is 6.61 Å². The summed E-state index contributed by atoms with van der Waals surface area (Å²) < 4.78 is 4.57. The third kappa shape index (κ3) is 2.55. The molecule has 2 N–H and O–H groups in total. The Hall–Kier alpha value is -1.85. The van der Waals surface area contributed by atoms with Crippen molar-refractivity contribution >= 4 is 17.9 Å². The second-order valence-corrected chi connectivity index (χ2v) is 3.07. The lowest BCUT2D eigenvalue weighted by molar-refractivity contribution is -0.140. The van der Waals surface area contributed by atoms with E-state index in [1.54, 1.807) is 6.92 Å². The Labute approximate surface area is 86.7 Å². The minimum atomic E-state index is -0.916. The number of carbonyl (C=O) groups excluding carboxylic acids is 3. The average molecular weight is 212 g/mol. The van der Waals surface area contributed by atoms with E-state index in [0.717, 1.165) is 4.90 Å². The van der Waals surface area contributed by atoms with E-state index in [1.165, 1.54) is 12.2 Å². The van der Waals surface area contributed by atoms with Crippen LogP contribution in [0.2, 0.25) is 0 Å². The molecule has 0 aromatic carbocycles. The molecule has 6 nitrogen and oxygen atoms in total. The fourth-order valence-electron chi connectivity index (χ4n) is 1.32. The molecular formula is C9H12N2O4. The highest BCUT2D eigenvalue weighted by Gasteiger charge is 2.30. The normalized spacial score (nSPS) is 17.0. The van der Waals surface area contributed by atoms with Crippen molar-refractivity contribution in [1.82, 2.24) is 4.90 Å². The number of nitrogens with zero attached hydrogens (tertiary/aromatic N) is 1. The molecule has 0 aromatic heterocycles. The minimum Gasteiger partial charge on any atom is -0.448 e. The molecule has 1 aliphatic heterocycles. The van der Waals surface area contributed by atoms with Crippen LogP contribution in [0, 0.1) is 0 Å². The number of carbonyl (C=O) groups is 3. The van der Waals surface area contributed by atoms with Crippen LogP contribution in [-0.2, 0) is 14.3 Å². The topological polar surface area (TPSA) is 89.7 Å².